The van der Waals surface area contributed by atoms with Gasteiger partial charge < -0.3 is 14.6 Å². The summed E-state index contributed by atoms with van der Waals surface area (Å²) in [5.74, 6) is -2.09. The zero-order valence-electron chi connectivity index (χ0n) is 23.7. The predicted molar refractivity (Wildman–Crippen MR) is 155 cm³/mol. The summed E-state index contributed by atoms with van der Waals surface area (Å²) in [6.07, 6.45) is 0.890. The second-order valence-electron chi connectivity index (χ2n) is 10.7. The molecule has 0 fully saturated rings. The average Bonchev–Trinajstić information content (AvgIpc) is 2.89. The number of nitrogens with one attached hydrogen (secondary N) is 2. The maximum atomic E-state index is 15.4. The van der Waals surface area contributed by atoms with Crippen molar-refractivity contribution in [3.63, 3.8) is 0 Å². The number of carbonyl (C=O) groups is 1. The van der Waals surface area contributed by atoms with Crippen LogP contribution < -0.4 is 14.8 Å². The molecule has 0 saturated heterocycles. The molecule has 3 rings (SSSR count). The van der Waals surface area contributed by atoms with Gasteiger partial charge >= 0.3 is 0 Å². The third-order valence-electron chi connectivity index (χ3n) is 6.16. The summed E-state index contributed by atoms with van der Waals surface area (Å²) in [7, 11) is -1.13. The summed E-state index contributed by atoms with van der Waals surface area (Å²) in [5, 5.41) is 2.56. The maximum Gasteiger partial charge on any atom is 0.274 e. The molecule has 0 aliphatic rings. The smallest absolute Gasteiger partial charge is 0.274 e. The number of methoxy groups -OCH3 is 1. The first kappa shape index (κ1) is 32.4. The molecule has 0 spiro atoms. The van der Waals surface area contributed by atoms with Gasteiger partial charge in [0.25, 0.3) is 5.91 Å². The van der Waals surface area contributed by atoms with E-state index in [0.29, 0.717) is 11.3 Å². The van der Waals surface area contributed by atoms with E-state index in [1.165, 1.54) is 39.3 Å². The molecule has 2 aromatic carbocycles. The Bertz CT molecular complexity index is 1470. The molecule has 2 N–H and O–H groups in total. The highest BCUT2D eigenvalue weighted by molar-refractivity contribution is 7.91. The highest BCUT2D eigenvalue weighted by atomic mass is 32.2. The third kappa shape index (κ3) is 8.46. The zero-order valence-corrected chi connectivity index (χ0v) is 25.3. The average molecular weight is 609 g/mol. The van der Waals surface area contributed by atoms with Crippen LogP contribution in [0.2, 0.25) is 0 Å². The van der Waals surface area contributed by atoms with E-state index in [9.17, 15) is 22.2 Å². The van der Waals surface area contributed by atoms with Crippen LogP contribution in [0.4, 0.5) is 14.5 Å². The fourth-order valence-corrected chi connectivity index (χ4v) is 6.32. The van der Waals surface area contributed by atoms with E-state index in [4.69, 9.17) is 4.74 Å². The number of benzene rings is 2. The largest absolute Gasteiger partial charge is 0.598 e. The van der Waals surface area contributed by atoms with Gasteiger partial charge in [0.1, 0.15) is 33.4 Å². The Morgan fingerprint density at radius 2 is 1.73 bits per heavy atom. The molecule has 0 aliphatic heterocycles. The summed E-state index contributed by atoms with van der Waals surface area (Å²) in [6, 6.07) is 12.8. The lowest BCUT2D eigenvalue weighted by Gasteiger charge is -2.36. The van der Waals surface area contributed by atoms with E-state index in [1.54, 1.807) is 45.0 Å². The normalized spacial score (nSPS) is 14.4. The number of hydrogen-bond acceptors (Lipinski definition) is 7. The van der Waals surface area contributed by atoms with E-state index < -0.39 is 55.0 Å². The molecule has 1 aromatic heterocycles. The molecule has 0 unspecified atom stereocenters. The predicted octanol–water partition coefficient (Wildman–Crippen LogP) is 4.35. The van der Waals surface area contributed by atoms with Gasteiger partial charge in [-0.2, -0.15) is 0 Å². The number of rotatable bonds is 11. The summed E-state index contributed by atoms with van der Waals surface area (Å²) in [5.41, 5.74) is -1.05. The molecule has 2 atom stereocenters. The van der Waals surface area contributed by atoms with Crippen LogP contribution in [0.25, 0.3) is 0 Å². The molecular weight excluding hydrogens is 574 g/mol. The van der Waals surface area contributed by atoms with Crippen LogP contribution in [0, 0.1) is 11.6 Å². The third-order valence-corrected chi connectivity index (χ3v) is 9.93. The van der Waals surface area contributed by atoms with E-state index in [2.05, 4.69) is 15.0 Å². The van der Waals surface area contributed by atoms with Crippen LogP contribution in [-0.4, -0.2) is 52.8 Å². The monoisotopic (exact) mass is 608 g/mol. The van der Waals surface area contributed by atoms with Crippen molar-refractivity contribution in [1.29, 1.82) is 0 Å². The van der Waals surface area contributed by atoms with E-state index in [-0.39, 0.29) is 23.5 Å². The number of sulfonamides is 1. The Morgan fingerprint density at radius 3 is 2.29 bits per heavy atom. The van der Waals surface area contributed by atoms with Gasteiger partial charge in [0, 0.05) is 36.2 Å². The molecule has 41 heavy (non-hydrogen) atoms. The summed E-state index contributed by atoms with van der Waals surface area (Å²) >= 11 is -1.80. The van der Waals surface area contributed by atoms with Crippen molar-refractivity contribution in [2.24, 2.45) is 0 Å². The summed E-state index contributed by atoms with van der Waals surface area (Å²) in [4.78, 5) is 16.4. The number of hydrogen-bond donors (Lipinski definition) is 2. The van der Waals surface area contributed by atoms with Gasteiger partial charge in [0.2, 0.25) is 10.0 Å². The second-order valence-corrected chi connectivity index (χ2v) is 14.7. The molecule has 0 radical (unpaired) electrons. The number of aromatic nitrogens is 1. The van der Waals surface area contributed by atoms with Crippen LogP contribution in [0.3, 0.4) is 0 Å². The van der Waals surface area contributed by atoms with Gasteiger partial charge in [-0.1, -0.05) is 12.1 Å². The molecule has 9 nitrogen and oxygen atoms in total. The molecule has 222 valence electrons. The van der Waals surface area contributed by atoms with Crippen molar-refractivity contribution in [3.8, 4) is 5.75 Å². The lowest BCUT2D eigenvalue weighted by Crippen LogP contribution is -2.54. The van der Waals surface area contributed by atoms with Crippen LogP contribution in [0.5, 0.6) is 5.75 Å². The minimum Gasteiger partial charge on any atom is -0.598 e. The first-order valence-corrected chi connectivity index (χ1v) is 15.3. The Labute approximate surface area is 242 Å². The van der Waals surface area contributed by atoms with Gasteiger partial charge in [-0.25, -0.2) is 26.5 Å². The highest BCUT2D eigenvalue weighted by Gasteiger charge is 2.43. The molecular formula is C28H34F2N4O5S2. The standard InChI is InChI=1S/C28H34F2N4O5S2/c1-27(2,3)40(36)33-28(4,18-41(37,38)34(5)17-19-7-11-22(39-6)12-8-19)23-15-21(10-13-24(23)30)32-26(35)25-14-9-20(29)16-31-25/h7-16,33H,17-18H2,1-6H3,(H,32,35)/t28-,40+/m0/s1. The minimum atomic E-state index is -4.07. The number of halogens is 2. The fourth-order valence-electron chi connectivity index (χ4n) is 3.81. The zero-order chi connectivity index (χ0) is 30.6. The summed E-state index contributed by atoms with van der Waals surface area (Å²) < 4.78 is 77.3. The van der Waals surface area contributed by atoms with Gasteiger partial charge in [0.15, 0.2) is 0 Å². The molecule has 0 aliphatic carbocycles. The van der Waals surface area contributed by atoms with Crippen LogP contribution in [-0.2, 0) is 33.5 Å². The van der Waals surface area contributed by atoms with E-state index >= 15 is 4.39 Å². The fraction of sp³-hybridized carbons (Fsp3) is 0.357. The lowest BCUT2D eigenvalue weighted by molar-refractivity contribution is 0.102. The van der Waals surface area contributed by atoms with Crippen molar-refractivity contribution < 1.29 is 31.3 Å². The van der Waals surface area contributed by atoms with Crippen molar-refractivity contribution in [3.05, 3.63) is 89.2 Å². The van der Waals surface area contributed by atoms with Gasteiger partial charge in [0.05, 0.1) is 19.1 Å². The highest BCUT2D eigenvalue weighted by Crippen LogP contribution is 2.32. The number of amides is 1. The Kier molecular flexibility index (Phi) is 10.1. The SMILES string of the molecule is COc1ccc(CN(C)S(=O)(=O)C[C@](C)(N[S@+]([O-])C(C)(C)C)c2cc(NC(=O)c3ccc(F)cn3)ccc2F)cc1. The topological polar surface area (TPSA) is 124 Å². The number of carbonyl (C=O) groups excluding carboxylic acids is 1. The number of nitrogens with zero attached hydrogens (tertiary/aromatic N) is 2. The van der Waals surface area contributed by atoms with Gasteiger partial charge in [-0.15, -0.1) is 4.72 Å². The molecule has 13 heteroatoms. The van der Waals surface area contributed by atoms with Gasteiger partial charge in [-0.05, 0) is 75.7 Å². The number of anilines is 1. The van der Waals surface area contributed by atoms with Crippen molar-refractivity contribution in [2.45, 2.75) is 44.5 Å². The minimum absolute atomic E-state index is 0.0357. The summed E-state index contributed by atoms with van der Waals surface area (Å²) in [6.45, 7) is 6.57. The second kappa shape index (κ2) is 12.8. The Hall–Kier alpha value is -3.10. The number of pyridine rings is 1. The van der Waals surface area contributed by atoms with Crippen LogP contribution in [0.1, 0.15) is 49.3 Å². The van der Waals surface area contributed by atoms with Gasteiger partial charge in [-0.3, -0.25) is 4.79 Å². The van der Waals surface area contributed by atoms with Crippen molar-refractivity contribution in [2.75, 3.05) is 25.2 Å². The first-order valence-electron chi connectivity index (χ1n) is 12.5. The lowest BCUT2D eigenvalue weighted by atomic mass is 9.94. The molecule has 3 aromatic rings. The van der Waals surface area contributed by atoms with Crippen molar-refractivity contribution >= 4 is 33.0 Å². The first-order chi connectivity index (χ1) is 19.0. The molecule has 0 saturated carbocycles. The Morgan fingerprint density at radius 1 is 1.07 bits per heavy atom. The van der Waals surface area contributed by atoms with E-state index in [1.807, 2.05) is 0 Å². The molecule has 0 bridgehead atoms. The molecule has 1 amide bonds. The molecule has 1 heterocycles. The van der Waals surface area contributed by atoms with Crippen molar-refractivity contribution in [1.82, 2.24) is 14.0 Å². The Balaban J connectivity index is 1.96. The maximum absolute atomic E-state index is 15.4. The van der Waals surface area contributed by atoms with Crippen LogP contribution in [0.15, 0.2) is 60.8 Å². The quantitative estimate of drug-likeness (QED) is 0.310. The number of ether oxygens (including phenoxy) is 1. The van der Waals surface area contributed by atoms with E-state index in [0.717, 1.165) is 22.6 Å². The van der Waals surface area contributed by atoms with Crippen LogP contribution >= 0.6 is 0 Å².